The van der Waals surface area contributed by atoms with Crippen LogP contribution in [0.3, 0.4) is 0 Å². The van der Waals surface area contributed by atoms with Crippen molar-refractivity contribution >= 4 is 5.82 Å². The molecule has 6 nitrogen and oxygen atoms in total. The molecule has 2 heterocycles. The highest BCUT2D eigenvalue weighted by molar-refractivity contribution is 5.40. The maximum absolute atomic E-state index is 12.6. The van der Waals surface area contributed by atoms with E-state index < -0.39 is 11.9 Å². The summed E-state index contributed by atoms with van der Waals surface area (Å²) in [7, 11) is 1.65. The van der Waals surface area contributed by atoms with Crippen molar-refractivity contribution in [3.8, 4) is 5.82 Å². The first-order valence-electron chi connectivity index (χ1n) is 6.20. The van der Waals surface area contributed by atoms with E-state index in [2.05, 4.69) is 20.4 Å². The average molecular weight is 301 g/mol. The van der Waals surface area contributed by atoms with E-state index in [1.54, 1.807) is 7.05 Å². The monoisotopic (exact) mass is 301 g/mol. The van der Waals surface area contributed by atoms with Crippen molar-refractivity contribution in [2.45, 2.75) is 19.7 Å². The first-order chi connectivity index (χ1) is 9.94. The smallest absolute Gasteiger partial charge is 0.374 e. The topological polar surface area (TPSA) is 64.9 Å². The van der Waals surface area contributed by atoms with Crippen molar-refractivity contribution in [1.29, 1.82) is 0 Å². The largest absolute Gasteiger partial charge is 0.435 e. The lowest BCUT2D eigenvalue weighted by atomic mass is 10.4. The predicted molar refractivity (Wildman–Crippen MR) is 69.0 cm³/mol. The highest BCUT2D eigenvalue weighted by Crippen LogP contribution is 2.27. The number of nitrogens with one attached hydrogen (secondary N) is 1. The molecule has 0 fully saturated rings. The molecule has 0 saturated heterocycles. The molecule has 2 rings (SSSR count). The van der Waals surface area contributed by atoms with Gasteiger partial charge in [0, 0.05) is 25.9 Å². The number of nitrogens with zero attached hydrogens (tertiary/aromatic N) is 4. The van der Waals surface area contributed by atoms with E-state index in [1.165, 1.54) is 12.3 Å². The average Bonchev–Trinajstić information content (AvgIpc) is 2.94. The van der Waals surface area contributed by atoms with Gasteiger partial charge in [0.2, 0.25) is 0 Å². The lowest BCUT2D eigenvalue weighted by Gasteiger charge is -2.08. The van der Waals surface area contributed by atoms with Crippen molar-refractivity contribution < 1.29 is 17.9 Å². The number of alkyl halides is 3. The van der Waals surface area contributed by atoms with Gasteiger partial charge in [0.15, 0.2) is 17.3 Å². The van der Waals surface area contributed by atoms with Crippen LogP contribution in [0.4, 0.5) is 19.0 Å². The lowest BCUT2D eigenvalue weighted by molar-refractivity contribution is -0.141. The zero-order valence-corrected chi connectivity index (χ0v) is 11.5. The fourth-order valence-electron chi connectivity index (χ4n) is 1.59. The number of rotatable bonds is 5. The van der Waals surface area contributed by atoms with Crippen LogP contribution < -0.4 is 5.32 Å². The zero-order valence-electron chi connectivity index (χ0n) is 11.5. The fraction of sp³-hybridized carbons (Fsp3) is 0.417. The Morgan fingerprint density at radius 2 is 2.10 bits per heavy atom. The van der Waals surface area contributed by atoms with Gasteiger partial charge in [-0.2, -0.15) is 18.3 Å². The highest BCUT2D eigenvalue weighted by Gasteiger charge is 2.33. The Morgan fingerprint density at radius 1 is 1.33 bits per heavy atom. The van der Waals surface area contributed by atoms with Crippen LogP contribution in [0, 0.1) is 0 Å². The number of aromatic nitrogens is 4. The minimum atomic E-state index is -4.49. The van der Waals surface area contributed by atoms with E-state index in [0.29, 0.717) is 18.2 Å². The van der Waals surface area contributed by atoms with Crippen LogP contribution in [0.15, 0.2) is 18.3 Å². The van der Waals surface area contributed by atoms with Crippen LogP contribution in [0.1, 0.15) is 18.4 Å². The van der Waals surface area contributed by atoms with Gasteiger partial charge < -0.3 is 10.1 Å². The second-order valence-corrected chi connectivity index (χ2v) is 4.06. The molecule has 1 N–H and O–H groups in total. The first-order valence-corrected chi connectivity index (χ1v) is 6.20. The van der Waals surface area contributed by atoms with Gasteiger partial charge in [-0.3, -0.25) is 0 Å². The molecule has 0 amide bonds. The minimum absolute atomic E-state index is 0.173. The van der Waals surface area contributed by atoms with Gasteiger partial charge in [-0.1, -0.05) is 0 Å². The summed E-state index contributed by atoms with van der Waals surface area (Å²) in [6.45, 7) is 2.49. The van der Waals surface area contributed by atoms with E-state index in [1.807, 2.05) is 6.92 Å². The van der Waals surface area contributed by atoms with Crippen LogP contribution in [0.2, 0.25) is 0 Å². The molecule has 0 bridgehead atoms. The molecule has 0 aromatic carbocycles. The Balaban J connectivity index is 2.36. The Morgan fingerprint density at radius 3 is 2.67 bits per heavy atom. The maximum Gasteiger partial charge on any atom is 0.435 e. The SMILES string of the molecule is CCOCc1nc(NC)cc(-n2ccc(C(F)(F)F)n2)n1. The Kier molecular flexibility index (Phi) is 4.41. The number of anilines is 1. The standard InChI is InChI=1S/C12H14F3N5O/c1-3-21-7-10-17-9(16-2)6-11(18-10)20-5-4-8(19-20)12(13,14)15/h4-6H,3,7H2,1-2H3,(H,16,17,18). The van der Waals surface area contributed by atoms with Gasteiger partial charge in [0.05, 0.1) is 0 Å². The summed E-state index contributed by atoms with van der Waals surface area (Å²) in [4.78, 5) is 8.30. The summed E-state index contributed by atoms with van der Waals surface area (Å²) in [5, 5.41) is 6.30. The molecule has 0 radical (unpaired) electrons. The minimum Gasteiger partial charge on any atom is -0.374 e. The Bertz CT molecular complexity index is 611. The molecular weight excluding hydrogens is 287 g/mol. The van der Waals surface area contributed by atoms with Crippen molar-refractivity contribution in [3.63, 3.8) is 0 Å². The summed E-state index contributed by atoms with van der Waals surface area (Å²) in [5.74, 6) is 1.07. The molecule has 2 aromatic rings. The number of halogens is 3. The molecule has 0 unspecified atom stereocenters. The third-order valence-corrected chi connectivity index (χ3v) is 2.56. The molecular formula is C12H14F3N5O. The molecule has 2 aromatic heterocycles. The van der Waals surface area contributed by atoms with Gasteiger partial charge in [-0.15, -0.1) is 0 Å². The van der Waals surface area contributed by atoms with Gasteiger partial charge >= 0.3 is 6.18 Å². The lowest BCUT2D eigenvalue weighted by Crippen LogP contribution is -2.10. The second kappa shape index (κ2) is 6.08. The van der Waals surface area contributed by atoms with Crippen molar-refractivity contribution in [3.05, 3.63) is 29.8 Å². The van der Waals surface area contributed by atoms with Crippen LogP contribution in [-0.4, -0.2) is 33.4 Å². The Hall–Kier alpha value is -2.16. The number of hydrogen-bond donors (Lipinski definition) is 1. The first kappa shape index (κ1) is 15.2. The third kappa shape index (κ3) is 3.69. The molecule has 0 aliphatic heterocycles. The molecule has 0 spiro atoms. The highest BCUT2D eigenvalue weighted by atomic mass is 19.4. The van der Waals surface area contributed by atoms with E-state index >= 15 is 0 Å². The third-order valence-electron chi connectivity index (χ3n) is 2.56. The van der Waals surface area contributed by atoms with Crippen LogP contribution in [0.25, 0.3) is 5.82 Å². The molecule has 0 saturated carbocycles. The molecule has 0 atom stereocenters. The summed E-state index contributed by atoms with van der Waals surface area (Å²) >= 11 is 0. The van der Waals surface area contributed by atoms with E-state index in [-0.39, 0.29) is 12.4 Å². The maximum atomic E-state index is 12.6. The van der Waals surface area contributed by atoms with Gasteiger partial charge in [-0.25, -0.2) is 14.6 Å². The number of ether oxygens (including phenoxy) is 1. The molecule has 9 heteroatoms. The van der Waals surface area contributed by atoms with Gasteiger partial charge in [0.25, 0.3) is 0 Å². The summed E-state index contributed by atoms with van der Waals surface area (Å²) in [5.41, 5.74) is -0.974. The van der Waals surface area contributed by atoms with Crippen LogP contribution in [-0.2, 0) is 17.5 Å². The quantitative estimate of drug-likeness (QED) is 0.917. The summed E-state index contributed by atoms with van der Waals surface area (Å²) < 4.78 is 44.0. The normalized spacial score (nSPS) is 11.7. The van der Waals surface area contributed by atoms with Crippen molar-refractivity contribution in [2.24, 2.45) is 0 Å². The summed E-state index contributed by atoms with van der Waals surface area (Å²) in [6, 6.07) is 2.39. The fourth-order valence-corrected chi connectivity index (χ4v) is 1.59. The predicted octanol–water partition coefficient (Wildman–Crippen LogP) is 2.26. The molecule has 0 aliphatic rings. The van der Waals surface area contributed by atoms with E-state index in [9.17, 15) is 13.2 Å². The summed E-state index contributed by atoms with van der Waals surface area (Å²) in [6.07, 6.45) is -3.28. The molecule has 114 valence electrons. The Labute approximate surface area is 119 Å². The van der Waals surface area contributed by atoms with Crippen LogP contribution >= 0.6 is 0 Å². The van der Waals surface area contributed by atoms with Gasteiger partial charge in [0.1, 0.15) is 12.4 Å². The number of hydrogen-bond acceptors (Lipinski definition) is 5. The van der Waals surface area contributed by atoms with Crippen molar-refractivity contribution in [1.82, 2.24) is 19.7 Å². The zero-order chi connectivity index (χ0) is 15.5. The molecule has 0 aliphatic carbocycles. The van der Waals surface area contributed by atoms with Crippen molar-refractivity contribution in [2.75, 3.05) is 19.0 Å². The van der Waals surface area contributed by atoms with Crippen LogP contribution in [0.5, 0.6) is 0 Å². The van der Waals surface area contributed by atoms with Gasteiger partial charge in [-0.05, 0) is 13.0 Å². The second-order valence-electron chi connectivity index (χ2n) is 4.06. The van der Waals surface area contributed by atoms with E-state index in [4.69, 9.17) is 4.74 Å². The molecule has 21 heavy (non-hydrogen) atoms. The van der Waals surface area contributed by atoms with E-state index in [0.717, 1.165) is 10.7 Å².